The van der Waals surface area contributed by atoms with Crippen molar-refractivity contribution < 1.29 is 14.3 Å². The topological polar surface area (TPSA) is 72.2 Å². The van der Waals surface area contributed by atoms with Gasteiger partial charge in [-0.25, -0.2) is 9.37 Å². The Balaban J connectivity index is 2.66. The van der Waals surface area contributed by atoms with E-state index in [2.05, 4.69) is 4.98 Å². The van der Waals surface area contributed by atoms with E-state index in [9.17, 15) is 14.0 Å². The molecule has 2 rings (SSSR count). The Morgan fingerprint density at radius 2 is 2.25 bits per heavy atom. The van der Waals surface area contributed by atoms with Gasteiger partial charge < -0.3 is 5.11 Å². The van der Waals surface area contributed by atoms with Crippen LogP contribution in [0.5, 0.6) is 0 Å². The smallest absolute Gasteiger partial charge is 0.323 e. The van der Waals surface area contributed by atoms with Crippen molar-refractivity contribution in [1.29, 1.82) is 0 Å². The Labute approximate surface area is 88.8 Å². The third kappa shape index (κ3) is 1.77. The largest absolute Gasteiger partial charge is 0.480 e. The average Bonchev–Trinajstić information content (AvgIpc) is 2.22. The van der Waals surface area contributed by atoms with Crippen molar-refractivity contribution in [1.82, 2.24) is 9.55 Å². The minimum absolute atomic E-state index is 0.199. The summed E-state index contributed by atoms with van der Waals surface area (Å²) < 4.78 is 13.8. The molecule has 5 nitrogen and oxygen atoms in total. The Bertz CT molecular complexity index is 621. The summed E-state index contributed by atoms with van der Waals surface area (Å²) in [5.41, 5.74) is -0.279. The van der Waals surface area contributed by atoms with Crippen LogP contribution in [0.3, 0.4) is 0 Å². The van der Waals surface area contributed by atoms with Gasteiger partial charge in [0.15, 0.2) is 0 Å². The number of carboxylic acid groups (broad SMARTS) is 1. The molecule has 2 aromatic rings. The molecule has 0 saturated carbocycles. The quantitative estimate of drug-likeness (QED) is 0.808. The highest BCUT2D eigenvalue weighted by atomic mass is 19.1. The lowest BCUT2D eigenvalue weighted by Crippen LogP contribution is -2.24. The van der Waals surface area contributed by atoms with Crippen LogP contribution < -0.4 is 5.56 Å². The fraction of sp³-hybridized carbons (Fsp3) is 0.100. The molecule has 1 aromatic carbocycles. The molecule has 0 unspecified atom stereocenters. The molecule has 16 heavy (non-hydrogen) atoms. The molecule has 82 valence electrons. The number of halogens is 1. The van der Waals surface area contributed by atoms with Gasteiger partial charge in [-0.2, -0.15) is 0 Å². The second kappa shape index (κ2) is 3.73. The molecule has 0 aliphatic carbocycles. The molecule has 1 N–H and O–H groups in total. The molecule has 0 saturated heterocycles. The van der Waals surface area contributed by atoms with Gasteiger partial charge in [0.2, 0.25) is 0 Å². The van der Waals surface area contributed by atoms with Crippen LogP contribution in [-0.4, -0.2) is 20.6 Å². The van der Waals surface area contributed by atoms with Crippen LogP contribution >= 0.6 is 0 Å². The van der Waals surface area contributed by atoms with Gasteiger partial charge in [0.25, 0.3) is 5.56 Å². The van der Waals surface area contributed by atoms with Crippen molar-refractivity contribution >= 4 is 16.9 Å². The monoisotopic (exact) mass is 222 g/mol. The summed E-state index contributed by atoms with van der Waals surface area (Å²) in [5, 5.41) is 8.76. The van der Waals surface area contributed by atoms with E-state index in [4.69, 9.17) is 5.11 Å². The average molecular weight is 222 g/mol. The fourth-order valence-corrected chi connectivity index (χ4v) is 1.39. The van der Waals surface area contributed by atoms with Crippen molar-refractivity contribution in [3.05, 3.63) is 40.7 Å². The Hall–Kier alpha value is -2.24. The summed E-state index contributed by atoms with van der Waals surface area (Å²) in [5.74, 6) is -1.62. The number of nitrogens with zero attached hydrogens (tertiary/aromatic N) is 2. The van der Waals surface area contributed by atoms with Gasteiger partial charge >= 0.3 is 5.97 Å². The number of carboxylic acids is 1. The van der Waals surface area contributed by atoms with Gasteiger partial charge in [-0.1, -0.05) is 0 Å². The van der Waals surface area contributed by atoms with Crippen LogP contribution in [0.2, 0.25) is 0 Å². The highest BCUT2D eigenvalue weighted by Crippen LogP contribution is 2.08. The second-order valence-corrected chi connectivity index (χ2v) is 3.23. The number of fused-ring (bicyclic) bond motifs is 1. The molecule has 0 spiro atoms. The van der Waals surface area contributed by atoms with Gasteiger partial charge in [0.1, 0.15) is 12.4 Å². The zero-order valence-corrected chi connectivity index (χ0v) is 8.05. The number of aliphatic carboxylic acids is 1. The summed E-state index contributed by atoms with van der Waals surface area (Å²) in [6, 6.07) is 3.55. The number of hydrogen-bond acceptors (Lipinski definition) is 3. The minimum Gasteiger partial charge on any atom is -0.480 e. The molecular weight excluding hydrogens is 215 g/mol. The van der Waals surface area contributed by atoms with Crippen molar-refractivity contribution in [2.75, 3.05) is 0 Å². The van der Waals surface area contributed by atoms with Crippen molar-refractivity contribution in [2.45, 2.75) is 6.54 Å². The Kier molecular flexibility index (Phi) is 2.40. The van der Waals surface area contributed by atoms with Crippen LogP contribution in [0, 0.1) is 5.82 Å². The summed E-state index contributed by atoms with van der Waals surface area (Å²) in [4.78, 5) is 26.0. The van der Waals surface area contributed by atoms with Crippen molar-refractivity contribution in [3.8, 4) is 0 Å². The fourth-order valence-electron chi connectivity index (χ4n) is 1.39. The molecule has 0 atom stereocenters. The van der Waals surface area contributed by atoms with E-state index in [1.165, 1.54) is 6.07 Å². The van der Waals surface area contributed by atoms with Crippen LogP contribution in [0.25, 0.3) is 10.9 Å². The maximum absolute atomic E-state index is 12.8. The maximum Gasteiger partial charge on any atom is 0.323 e. The van der Waals surface area contributed by atoms with Gasteiger partial charge in [0.05, 0.1) is 17.2 Å². The molecule has 0 aliphatic heterocycles. The second-order valence-electron chi connectivity index (χ2n) is 3.23. The first-order valence-corrected chi connectivity index (χ1v) is 4.44. The van der Waals surface area contributed by atoms with Crippen LogP contribution in [0.15, 0.2) is 29.3 Å². The van der Waals surface area contributed by atoms with Gasteiger partial charge in [-0.3, -0.25) is 14.2 Å². The third-order valence-electron chi connectivity index (χ3n) is 2.09. The first-order valence-electron chi connectivity index (χ1n) is 4.44. The number of aromatic nitrogens is 2. The van der Waals surface area contributed by atoms with Crippen molar-refractivity contribution in [3.63, 3.8) is 0 Å². The van der Waals surface area contributed by atoms with Crippen molar-refractivity contribution in [2.24, 2.45) is 0 Å². The molecular formula is C10H7FN2O3. The van der Waals surface area contributed by atoms with E-state index >= 15 is 0 Å². The zero-order valence-electron chi connectivity index (χ0n) is 8.05. The number of rotatable bonds is 2. The Morgan fingerprint density at radius 3 is 2.94 bits per heavy atom. The molecule has 0 radical (unpaired) electrons. The lowest BCUT2D eigenvalue weighted by molar-refractivity contribution is -0.137. The molecule has 0 fully saturated rings. The molecule has 0 aliphatic rings. The minimum atomic E-state index is -1.13. The SMILES string of the molecule is O=C(O)Cn1cnc2cc(F)ccc2c1=O. The highest BCUT2D eigenvalue weighted by molar-refractivity contribution is 5.77. The summed E-state index contributed by atoms with van der Waals surface area (Å²) >= 11 is 0. The van der Waals surface area contributed by atoms with Crippen LogP contribution in [-0.2, 0) is 11.3 Å². The summed E-state index contributed by atoms with van der Waals surface area (Å²) in [6.07, 6.45) is 1.10. The molecule has 0 bridgehead atoms. The normalized spacial score (nSPS) is 10.6. The maximum atomic E-state index is 12.8. The summed E-state index contributed by atoms with van der Waals surface area (Å²) in [7, 11) is 0. The molecule has 1 heterocycles. The lowest BCUT2D eigenvalue weighted by Gasteiger charge is -2.03. The molecule has 0 amide bonds. The molecule has 1 aromatic heterocycles. The van der Waals surface area contributed by atoms with E-state index in [0.717, 1.165) is 23.0 Å². The van der Waals surface area contributed by atoms with E-state index in [0.29, 0.717) is 0 Å². The number of hydrogen-bond donors (Lipinski definition) is 1. The van der Waals surface area contributed by atoms with Gasteiger partial charge in [-0.05, 0) is 12.1 Å². The first kappa shape index (κ1) is 10.3. The van der Waals surface area contributed by atoms with E-state index in [-0.39, 0.29) is 10.9 Å². The third-order valence-corrected chi connectivity index (χ3v) is 2.09. The zero-order chi connectivity index (χ0) is 11.7. The number of carbonyl (C=O) groups is 1. The van der Waals surface area contributed by atoms with E-state index in [1.54, 1.807) is 0 Å². The summed E-state index contributed by atoms with van der Waals surface area (Å²) in [6.45, 7) is -0.459. The first-order chi connectivity index (χ1) is 7.58. The lowest BCUT2D eigenvalue weighted by atomic mass is 10.2. The predicted octanol–water partition coefficient (Wildman–Crippen LogP) is 0.620. The van der Waals surface area contributed by atoms with Gasteiger partial charge in [-0.15, -0.1) is 0 Å². The predicted molar refractivity (Wildman–Crippen MR) is 53.6 cm³/mol. The standard InChI is InChI=1S/C10H7FN2O3/c11-6-1-2-7-8(3-6)12-5-13(10(7)16)4-9(14)15/h1-3,5H,4H2,(H,14,15). The van der Waals surface area contributed by atoms with Crippen LogP contribution in [0.4, 0.5) is 4.39 Å². The number of benzene rings is 1. The highest BCUT2D eigenvalue weighted by Gasteiger charge is 2.07. The Morgan fingerprint density at radius 1 is 1.50 bits per heavy atom. The van der Waals surface area contributed by atoms with Gasteiger partial charge in [0, 0.05) is 6.07 Å². The van der Waals surface area contributed by atoms with E-state index < -0.39 is 23.9 Å². The van der Waals surface area contributed by atoms with Crippen LogP contribution in [0.1, 0.15) is 0 Å². The molecule has 6 heteroatoms. The van der Waals surface area contributed by atoms with E-state index in [1.807, 2.05) is 0 Å².